The van der Waals surface area contributed by atoms with Crippen molar-refractivity contribution in [3.8, 4) is 11.5 Å². The van der Waals surface area contributed by atoms with Crippen molar-refractivity contribution in [3.05, 3.63) is 41.7 Å². The molecule has 0 saturated heterocycles. The van der Waals surface area contributed by atoms with Crippen molar-refractivity contribution in [1.29, 1.82) is 0 Å². The number of rotatable bonds is 4. The maximum atomic E-state index is 6.30. The summed E-state index contributed by atoms with van der Waals surface area (Å²) < 4.78 is 13.3. The zero-order valence-corrected chi connectivity index (χ0v) is 12.5. The van der Waals surface area contributed by atoms with E-state index in [1.807, 2.05) is 29.1 Å². The van der Waals surface area contributed by atoms with Gasteiger partial charge in [0.2, 0.25) is 0 Å². The predicted octanol–water partition coefficient (Wildman–Crippen LogP) is 2.83. The Kier molecular flexibility index (Phi) is 3.84. The second-order valence-electron chi connectivity index (χ2n) is 5.39. The molecule has 2 N–H and O–H groups in total. The SMILES string of the molecule is CCCn1cc(C2CC(N)c3cc(OC)ccc3O2)cn1. The van der Waals surface area contributed by atoms with E-state index in [-0.39, 0.29) is 12.1 Å². The molecule has 112 valence electrons. The second kappa shape index (κ2) is 5.77. The Bertz CT molecular complexity index is 624. The number of hydrogen-bond acceptors (Lipinski definition) is 4. The molecule has 1 aliphatic heterocycles. The molecule has 0 amide bonds. The standard InChI is InChI=1S/C16H21N3O2/c1-3-6-19-10-11(9-18-19)16-8-14(17)13-7-12(20-2)4-5-15(13)21-16/h4-5,7,9-10,14,16H,3,6,8,17H2,1-2H3. The zero-order chi connectivity index (χ0) is 14.8. The lowest BCUT2D eigenvalue weighted by molar-refractivity contribution is 0.161. The highest BCUT2D eigenvalue weighted by Crippen LogP contribution is 2.40. The number of nitrogens with two attached hydrogens (primary N) is 1. The van der Waals surface area contributed by atoms with Crippen LogP contribution in [0.25, 0.3) is 0 Å². The summed E-state index contributed by atoms with van der Waals surface area (Å²) in [5.41, 5.74) is 8.39. The van der Waals surface area contributed by atoms with Crippen molar-refractivity contribution in [3.63, 3.8) is 0 Å². The molecule has 1 aromatic heterocycles. The molecule has 21 heavy (non-hydrogen) atoms. The third-order valence-electron chi connectivity index (χ3n) is 3.83. The zero-order valence-electron chi connectivity index (χ0n) is 12.5. The first-order valence-electron chi connectivity index (χ1n) is 7.33. The molecule has 5 nitrogen and oxygen atoms in total. The van der Waals surface area contributed by atoms with Crippen LogP contribution >= 0.6 is 0 Å². The van der Waals surface area contributed by atoms with Crippen molar-refractivity contribution in [2.45, 2.75) is 38.5 Å². The second-order valence-corrected chi connectivity index (χ2v) is 5.39. The van der Waals surface area contributed by atoms with Crippen molar-refractivity contribution in [2.24, 2.45) is 5.73 Å². The largest absolute Gasteiger partial charge is 0.497 e. The predicted molar refractivity (Wildman–Crippen MR) is 80.4 cm³/mol. The van der Waals surface area contributed by atoms with Crippen LogP contribution in [-0.4, -0.2) is 16.9 Å². The van der Waals surface area contributed by atoms with Crippen molar-refractivity contribution < 1.29 is 9.47 Å². The Morgan fingerprint density at radius 1 is 1.48 bits per heavy atom. The van der Waals surface area contributed by atoms with Gasteiger partial charge in [-0.2, -0.15) is 5.10 Å². The van der Waals surface area contributed by atoms with Gasteiger partial charge in [-0.1, -0.05) is 6.92 Å². The third-order valence-corrected chi connectivity index (χ3v) is 3.83. The first kappa shape index (κ1) is 13.9. The first-order valence-corrected chi connectivity index (χ1v) is 7.33. The molecular weight excluding hydrogens is 266 g/mol. The van der Waals surface area contributed by atoms with E-state index in [4.69, 9.17) is 15.2 Å². The summed E-state index contributed by atoms with van der Waals surface area (Å²) in [6, 6.07) is 5.73. The van der Waals surface area contributed by atoms with Crippen molar-refractivity contribution in [2.75, 3.05) is 7.11 Å². The molecule has 3 rings (SSSR count). The van der Waals surface area contributed by atoms with Gasteiger partial charge in [-0.25, -0.2) is 0 Å². The van der Waals surface area contributed by atoms with Gasteiger partial charge in [0, 0.05) is 36.3 Å². The molecule has 2 unspecified atom stereocenters. The molecule has 0 fully saturated rings. The lowest BCUT2D eigenvalue weighted by atomic mass is 9.95. The lowest BCUT2D eigenvalue weighted by Crippen LogP contribution is -2.24. The number of hydrogen-bond donors (Lipinski definition) is 1. The third kappa shape index (κ3) is 2.74. The van der Waals surface area contributed by atoms with Gasteiger partial charge in [0.1, 0.15) is 17.6 Å². The van der Waals surface area contributed by atoms with Crippen LogP contribution in [0.15, 0.2) is 30.6 Å². The molecule has 0 radical (unpaired) electrons. The van der Waals surface area contributed by atoms with Gasteiger partial charge in [-0.05, 0) is 24.6 Å². The molecule has 2 atom stereocenters. The van der Waals surface area contributed by atoms with E-state index in [0.29, 0.717) is 0 Å². The molecule has 2 heterocycles. The van der Waals surface area contributed by atoms with Crippen LogP contribution in [0, 0.1) is 0 Å². The maximum absolute atomic E-state index is 6.30. The van der Waals surface area contributed by atoms with Gasteiger partial charge in [0.15, 0.2) is 0 Å². The number of nitrogens with zero attached hydrogens (tertiary/aromatic N) is 2. The van der Waals surface area contributed by atoms with E-state index in [0.717, 1.165) is 42.0 Å². The summed E-state index contributed by atoms with van der Waals surface area (Å²) in [6.45, 7) is 3.06. The average molecular weight is 287 g/mol. The highest BCUT2D eigenvalue weighted by Gasteiger charge is 2.28. The molecule has 5 heteroatoms. The van der Waals surface area contributed by atoms with Gasteiger partial charge in [-0.15, -0.1) is 0 Å². The summed E-state index contributed by atoms with van der Waals surface area (Å²) in [6.07, 6.45) is 5.70. The number of fused-ring (bicyclic) bond motifs is 1. The lowest BCUT2D eigenvalue weighted by Gasteiger charge is -2.30. The van der Waals surface area contributed by atoms with E-state index in [1.165, 1.54) is 0 Å². The Hall–Kier alpha value is -2.01. The molecule has 1 aromatic carbocycles. The molecule has 0 spiro atoms. The van der Waals surface area contributed by atoms with Gasteiger partial charge < -0.3 is 15.2 Å². The van der Waals surface area contributed by atoms with Crippen LogP contribution in [0.3, 0.4) is 0 Å². The molecule has 0 bridgehead atoms. The minimum atomic E-state index is -0.0524. The smallest absolute Gasteiger partial charge is 0.129 e. The fourth-order valence-electron chi connectivity index (χ4n) is 2.71. The summed E-state index contributed by atoms with van der Waals surface area (Å²) in [5.74, 6) is 1.64. The van der Waals surface area contributed by atoms with E-state index < -0.39 is 0 Å². The van der Waals surface area contributed by atoms with Crippen LogP contribution in [-0.2, 0) is 6.54 Å². The van der Waals surface area contributed by atoms with Gasteiger partial charge in [0.05, 0.1) is 13.3 Å². The average Bonchev–Trinajstić information content (AvgIpc) is 2.96. The Labute approximate surface area is 124 Å². The van der Waals surface area contributed by atoms with Crippen molar-refractivity contribution in [1.82, 2.24) is 9.78 Å². The normalized spacial score (nSPS) is 20.7. The minimum Gasteiger partial charge on any atom is -0.497 e. The van der Waals surface area contributed by atoms with E-state index in [9.17, 15) is 0 Å². The Morgan fingerprint density at radius 2 is 2.33 bits per heavy atom. The van der Waals surface area contributed by atoms with E-state index in [1.54, 1.807) is 7.11 Å². The summed E-state index contributed by atoms with van der Waals surface area (Å²) in [4.78, 5) is 0. The molecule has 0 saturated carbocycles. The number of benzene rings is 1. The Balaban J connectivity index is 1.83. The highest BCUT2D eigenvalue weighted by molar-refractivity contribution is 5.44. The molecule has 1 aliphatic rings. The van der Waals surface area contributed by atoms with Crippen LogP contribution in [0.5, 0.6) is 11.5 Å². The summed E-state index contributed by atoms with van der Waals surface area (Å²) in [7, 11) is 1.65. The summed E-state index contributed by atoms with van der Waals surface area (Å²) in [5, 5.41) is 4.37. The van der Waals surface area contributed by atoms with Crippen LogP contribution < -0.4 is 15.2 Å². The number of aromatic nitrogens is 2. The molecule has 0 aliphatic carbocycles. The maximum Gasteiger partial charge on any atom is 0.129 e. The Morgan fingerprint density at radius 3 is 3.10 bits per heavy atom. The first-order chi connectivity index (χ1) is 10.2. The number of ether oxygens (including phenoxy) is 2. The van der Waals surface area contributed by atoms with Crippen LogP contribution in [0.1, 0.15) is 43.0 Å². The molecule has 2 aromatic rings. The number of aryl methyl sites for hydroxylation is 1. The quantitative estimate of drug-likeness (QED) is 0.939. The fraction of sp³-hybridized carbons (Fsp3) is 0.438. The van der Waals surface area contributed by atoms with Crippen LogP contribution in [0.4, 0.5) is 0 Å². The fourth-order valence-corrected chi connectivity index (χ4v) is 2.71. The topological polar surface area (TPSA) is 62.3 Å². The van der Waals surface area contributed by atoms with E-state index >= 15 is 0 Å². The van der Waals surface area contributed by atoms with Crippen molar-refractivity contribution >= 4 is 0 Å². The number of methoxy groups -OCH3 is 1. The van der Waals surface area contributed by atoms with Gasteiger partial charge in [-0.3, -0.25) is 4.68 Å². The molecular formula is C16H21N3O2. The van der Waals surface area contributed by atoms with Crippen LogP contribution in [0.2, 0.25) is 0 Å². The minimum absolute atomic E-state index is 0.0356. The highest BCUT2D eigenvalue weighted by atomic mass is 16.5. The van der Waals surface area contributed by atoms with Gasteiger partial charge in [0.25, 0.3) is 0 Å². The monoisotopic (exact) mass is 287 g/mol. The summed E-state index contributed by atoms with van der Waals surface area (Å²) >= 11 is 0. The van der Waals surface area contributed by atoms with Gasteiger partial charge >= 0.3 is 0 Å². The van der Waals surface area contributed by atoms with E-state index in [2.05, 4.69) is 18.2 Å².